The minimum absolute atomic E-state index is 0.0182. The van der Waals surface area contributed by atoms with E-state index in [0.29, 0.717) is 46.6 Å². The molecule has 2 saturated carbocycles. The summed E-state index contributed by atoms with van der Waals surface area (Å²) in [5.41, 5.74) is 0.243. The summed E-state index contributed by atoms with van der Waals surface area (Å²) in [6.45, 7) is 4.06. The SMILES string of the molecule is COc1ccc2c(OC3CC4C(=O)N[C@]5(C(=O)O)CC5/C=C\CCCCC[C@H](NC(=O)NC(CN(C)S(=O)(=O)c5cccs5)C5CCCCC5)C(=O)N4C3)cc(-c3csc(NC(C)C)n3)nc2c1. The molecule has 68 heavy (non-hydrogen) atoms. The standard InChI is InChI=1S/C48H62N8O9S3/c1-29(2)49-47-53-39(28-67-47)37-24-41(34-20-19-32(64-4)22-36(34)50-37)65-33-23-40-43(57)54-48(45(59)60)25-31(48)16-11-6-5-7-12-17-35(44(58)56(40)26-33)51-46(61)52-38(30-14-9-8-10-15-30)27-55(3)68(62,63)42-18-13-21-66-42/h11,13,16,18-22,24,28-31,33,35,38,40H,5-10,12,14-15,17,23,25-27H2,1-4H3,(H,49,53)(H,54,57)(H,59,60)(H2,51,52,61)/b16-11-/t31?,33?,35-,38?,40?,48+/m0/s1. The van der Waals surface area contributed by atoms with Gasteiger partial charge in [-0.3, -0.25) is 9.59 Å². The third kappa shape index (κ3) is 11.1. The molecule has 2 aliphatic carbocycles. The van der Waals surface area contributed by atoms with E-state index >= 15 is 4.79 Å². The number of allylic oxidation sites excluding steroid dienone is 1. The van der Waals surface area contributed by atoms with Crippen LogP contribution in [0.1, 0.15) is 90.9 Å². The summed E-state index contributed by atoms with van der Waals surface area (Å²) >= 11 is 2.59. The van der Waals surface area contributed by atoms with Gasteiger partial charge in [0.05, 0.1) is 24.9 Å². The van der Waals surface area contributed by atoms with Gasteiger partial charge in [0.2, 0.25) is 11.8 Å². The normalized spacial score (nSPS) is 24.8. The number of likely N-dealkylation sites (N-methyl/N-ethyl adjacent to an activating group) is 1. The Labute approximate surface area is 405 Å². The fraction of sp³-hybridized carbons (Fsp3) is 0.542. The Morgan fingerprint density at radius 2 is 1.81 bits per heavy atom. The Bertz CT molecular complexity index is 2600. The van der Waals surface area contributed by atoms with Gasteiger partial charge in [0, 0.05) is 60.9 Å². The van der Waals surface area contributed by atoms with Crippen molar-refractivity contribution in [1.29, 1.82) is 0 Å². The first kappa shape index (κ1) is 49.1. The fourth-order valence-electron chi connectivity index (χ4n) is 9.72. The van der Waals surface area contributed by atoms with Crippen molar-refractivity contribution < 1.29 is 42.2 Å². The lowest BCUT2D eigenvalue weighted by atomic mass is 9.84. The van der Waals surface area contributed by atoms with Crippen molar-refractivity contribution in [2.45, 2.75) is 131 Å². The van der Waals surface area contributed by atoms with Crippen LogP contribution in [0.2, 0.25) is 0 Å². The third-order valence-corrected chi connectivity index (χ3v) is 17.5. The summed E-state index contributed by atoms with van der Waals surface area (Å²) in [4.78, 5) is 67.7. The smallest absolute Gasteiger partial charge is 0.330 e. The maximum Gasteiger partial charge on any atom is 0.330 e. The number of ether oxygens (including phenoxy) is 2. The summed E-state index contributed by atoms with van der Waals surface area (Å²) < 4.78 is 40.9. The minimum atomic E-state index is -3.81. The lowest BCUT2D eigenvalue weighted by Crippen LogP contribution is -2.58. The molecular formula is C48H62N8O9S3. The number of sulfonamides is 1. The highest BCUT2D eigenvalue weighted by molar-refractivity contribution is 7.91. The van der Waals surface area contributed by atoms with Crippen LogP contribution >= 0.6 is 22.7 Å². The number of hydrogen-bond acceptors (Lipinski definition) is 13. The number of carbonyl (C=O) groups excluding carboxylic acids is 3. The summed E-state index contributed by atoms with van der Waals surface area (Å²) in [6.07, 6.45) is 11.1. The molecule has 3 fully saturated rings. The minimum Gasteiger partial charge on any atom is -0.497 e. The molecule has 4 amide bonds. The number of carboxylic acid groups (broad SMARTS) is 1. The number of thiophene rings is 1. The van der Waals surface area contributed by atoms with Gasteiger partial charge in [-0.05, 0) is 81.9 Å². The number of carbonyl (C=O) groups is 4. The average molecular weight is 991 g/mol. The summed E-state index contributed by atoms with van der Waals surface area (Å²) in [6, 6.07) is 7.30. The number of carboxylic acids is 1. The second-order valence-corrected chi connectivity index (χ2v) is 22.8. The van der Waals surface area contributed by atoms with Crippen molar-refractivity contribution in [3.05, 3.63) is 59.3 Å². The molecule has 3 aromatic heterocycles. The summed E-state index contributed by atoms with van der Waals surface area (Å²) in [5, 5.41) is 27.7. The lowest BCUT2D eigenvalue weighted by molar-refractivity contribution is -0.145. The van der Waals surface area contributed by atoms with Crippen LogP contribution in [-0.2, 0) is 24.4 Å². The number of rotatable bonds is 14. The van der Waals surface area contributed by atoms with Crippen LogP contribution in [0.15, 0.2) is 63.5 Å². The van der Waals surface area contributed by atoms with Crippen molar-refractivity contribution in [2.24, 2.45) is 11.8 Å². The first-order valence-electron chi connectivity index (χ1n) is 23.6. The molecule has 5 heterocycles. The molecule has 2 aliphatic heterocycles. The molecule has 20 heteroatoms. The maximum absolute atomic E-state index is 15.1. The van der Waals surface area contributed by atoms with E-state index in [1.807, 2.05) is 37.4 Å². The Balaban J connectivity index is 1.08. The van der Waals surface area contributed by atoms with Crippen LogP contribution in [0.5, 0.6) is 11.5 Å². The number of nitrogens with one attached hydrogen (secondary N) is 4. The predicted molar refractivity (Wildman–Crippen MR) is 261 cm³/mol. The highest BCUT2D eigenvalue weighted by Crippen LogP contribution is 2.46. The summed E-state index contributed by atoms with van der Waals surface area (Å²) in [5.74, 6) is -1.61. The van der Waals surface area contributed by atoms with E-state index in [1.54, 1.807) is 42.8 Å². The van der Waals surface area contributed by atoms with Crippen LogP contribution in [0.4, 0.5) is 9.93 Å². The molecule has 1 aromatic carbocycles. The number of benzene rings is 1. The Morgan fingerprint density at radius 1 is 1.03 bits per heavy atom. The molecule has 0 radical (unpaired) electrons. The van der Waals surface area contributed by atoms with Gasteiger partial charge in [-0.2, -0.15) is 4.31 Å². The van der Waals surface area contributed by atoms with Crippen molar-refractivity contribution in [3.8, 4) is 22.9 Å². The van der Waals surface area contributed by atoms with E-state index in [4.69, 9.17) is 19.4 Å². The van der Waals surface area contributed by atoms with Crippen LogP contribution in [-0.4, -0.2) is 120 Å². The van der Waals surface area contributed by atoms with E-state index in [9.17, 15) is 27.9 Å². The molecule has 366 valence electrons. The zero-order chi connectivity index (χ0) is 48.2. The van der Waals surface area contributed by atoms with Crippen molar-refractivity contribution in [3.63, 3.8) is 0 Å². The molecule has 0 bridgehead atoms. The van der Waals surface area contributed by atoms with Gasteiger partial charge < -0.3 is 40.7 Å². The number of hydrogen-bond donors (Lipinski definition) is 5. The van der Waals surface area contributed by atoms with E-state index < -0.39 is 69.5 Å². The molecule has 4 unspecified atom stereocenters. The first-order valence-corrected chi connectivity index (χ1v) is 26.8. The van der Waals surface area contributed by atoms with Gasteiger partial charge in [-0.25, -0.2) is 28.0 Å². The molecule has 17 nitrogen and oxygen atoms in total. The van der Waals surface area contributed by atoms with Gasteiger partial charge in [0.1, 0.15) is 45.1 Å². The number of anilines is 1. The number of aromatic nitrogens is 2. The van der Waals surface area contributed by atoms with Gasteiger partial charge in [0.15, 0.2) is 5.13 Å². The number of methoxy groups -OCH3 is 1. The van der Waals surface area contributed by atoms with Crippen LogP contribution < -0.4 is 30.7 Å². The van der Waals surface area contributed by atoms with Crippen molar-refractivity contribution in [1.82, 2.24) is 35.1 Å². The Hall–Kier alpha value is -5.31. The number of nitrogens with zero attached hydrogens (tertiary/aromatic N) is 4. The quantitative estimate of drug-likeness (QED) is 0.0806. The van der Waals surface area contributed by atoms with E-state index in [-0.39, 0.29) is 48.5 Å². The second-order valence-electron chi connectivity index (χ2n) is 18.7. The third-order valence-electron chi connectivity index (χ3n) is 13.5. The average Bonchev–Trinajstić information content (AvgIpc) is 3.79. The number of thiazole rings is 1. The monoisotopic (exact) mass is 990 g/mol. The van der Waals surface area contributed by atoms with Gasteiger partial charge in [-0.15, -0.1) is 22.7 Å². The summed E-state index contributed by atoms with van der Waals surface area (Å²) in [7, 11) is -0.717. The van der Waals surface area contributed by atoms with Crippen LogP contribution in [0, 0.1) is 11.8 Å². The van der Waals surface area contributed by atoms with Crippen LogP contribution in [0.25, 0.3) is 22.3 Å². The maximum atomic E-state index is 15.1. The molecule has 8 rings (SSSR count). The molecular weight excluding hydrogens is 929 g/mol. The number of aliphatic carboxylic acids is 1. The number of amides is 4. The highest BCUT2D eigenvalue weighted by Gasteiger charge is 2.61. The topological polar surface area (TPSA) is 221 Å². The second kappa shape index (κ2) is 21.1. The van der Waals surface area contributed by atoms with Gasteiger partial charge >= 0.3 is 12.0 Å². The van der Waals surface area contributed by atoms with E-state index in [2.05, 4.69) is 21.3 Å². The Kier molecular flexibility index (Phi) is 15.3. The number of urea groups is 1. The molecule has 0 spiro atoms. The van der Waals surface area contributed by atoms with Crippen molar-refractivity contribution in [2.75, 3.05) is 32.6 Å². The first-order chi connectivity index (χ1) is 32.6. The molecule has 5 N–H and O–H groups in total. The molecule has 6 atom stereocenters. The predicted octanol–water partition coefficient (Wildman–Crippen LogP) is 7.01. The molecule has 1 saturated heterocycles. The van der Waals surface area contributed by atoms with Crippen LogP contribution in [0.3, 0.4) is 0 Å². The zero-order valence-electron chi connectivity index (χ0n) is 38.9. The van der Waals surface area contributed by atoms with E-state index in [1.165, 1.54) is 27.6 Å². The Morgan fingerprint density at radius 3 is 2.54 bits per heavy atom. The highest BCUT2D eigenvalue weighted by atomic mass is 32.2. The number of pyridine rings is 1. The van der Waals surface area contributed by atoms with Gasteiger partial charge in [-0.1, -0.05) is 50.3 Å². The fourth-order valence-corrected chi connectivity index (χ4v) is 13.0. The van der Waals surface area contributed by atoms with Crippen molar-refractivity contribution >= 4 is 72.5 Å². The molecule has 4 aliphatic rings. The van der Waals surface area contributed by atoms with Gasteiger partial charge in [0.25, 0.3) is 10.0 Å². The largest absolute Gasteiger partial charge is 0.497 e. The lowest BCUT2D eigenvalue weighted by Gasteiger charge is -2.34. The molecule has 4 aromatic rings. The van der Waals surface area contributed by atoms with E-state index in [0.717, 1.165) is 61.4 Å². The zero-order valence-corrected chi connectivity index (χ0v) is 41.4. The number of fused-ring (bicyclic) bond motifs is 3.